The van der Waals surface area contributed by atoms with E-state index in [4.69, 9.17) is 5.11 Å². The van der Waals surface area contributed by atoms with Gasteiger partial charge in [-0.15, -0.1) is 0 Å². The van der Waals surface area contributed by atoms with E-state index in [1.54, 1.807) is 0 Å². The normalized spacial score (nSPS) is 27.6. The number of hydrogen-bond donors (Lipinski definition) is 2. The van der Waals surface area contributed by atoms with Gasteiger partial charge in [-0.1, -0.05) is 6.92 Å². The number of nitrogens with zero attached hydrogens (tertiary/aromatic N) is 1. The monoisotopic (exact) mass is 214 g/mol. The number of likely N-dealkylation sites (tertiary alicyclic amines) is 1. The Morgan fingerprint density at radius 3 is 2.80 bits per heavy atom. The summed E-state index contributed by atoms with van der Waals surface area (Å²) in [6.45, 7) is 7.05. The van der Waals surface area contributed by atoms with Crippen LogP contribution in [0.15, 0.2) is 0 Å². The van der Waals surface area contributed by atoms with Crippen LogP contribution in [-0.4, -0.2) is 48.8 Å². The van der Waals surface area contributed by atoms with Gasteiger partial charge in [0.25, 0.3) is 0 Å². The molecule has 1 rings (SSSR count). The highest BCUT2D eigenvalue weighted by atomic mass is 16.3. The maximum Gasteiger partial charge on any atom is 0.0584 e. The Morgan fingerprint density at radius 2 is 2.27 bits per heavy atom. The molecule has 1 aliphatic rings. The summed E-state index contributed by atoms with van der Waals surface area (Å²) in [7, 11) is 2.20. The van der Waals surface area contributed by atoms with Gasteiger partial charge in [-0.25, -0.2) is 0 Å². The summed E-state index contributed by atoms with van der Waals surface area (Å²) in [5.74, 6) is 0.740. The van der Waals surface area contributed by atoms with E-state index in [9.17, 15) is 0 Å². The molecule has 0 aromatic carbocycles. The number of aliphatic hydroxyl groups is 1. The minimum absolute atomic E-state index is 0.253. The molecule has 0 bridgehead atoms. The molecule has 3 nitrogen and oxygen atoms in total. The van der Waals surface area contributed by atoms with E-state index in [2.05, 4.69) is 31.1 Å². The molecule has 0 aromatic heterocycles. The van der Waals surface area contributed by atoms with Crippen LogP contribution in [0.5, 0.6) is 0 Å². The van der Waals surface area contributed by atoms with Crippen LogP contribution < -0.4 is 5.32 Å². The van der Waals surface area contributed by atoms with Crippen molar-refractivity contribution in [3.05, 3.63) is 0 Å². The first-order valence-electron chi connectivity index (χ1n) is 6.22. The Bertz CT molecular complexity index is 171. The highest BCUT2D eigenvalue weighted by molar-refractivity contribution is 4.81. The van der Waals surface area contributed by atoms with E-state index >= 15 is 0 Å². The lowest BCUT2D eigenvalue weighted by Gasteiger charge is -2.35. The summed E-state index contributed by atoms with van der Waals surface area (Å²) < 4.78 is 0. The van der Waals surface area contributed by atoms with E-state index in [0.717, 1.165) is 12.3 Å². The first-order chi connectivity index (χ1) is 7.17. The summed E-state index contributed by atoms with van der Waals surface area (Å²) in [5.41, 5.74) is 0. The SMILES string of the molecule is CC[C@@H](CO)NC(C)C1CCCN(C)C1. The fraction of sp³-hybridized carbons (Fsp3) is 1.00. The Labute approximate surface area is 93.9 Å². The number of nitrogens with one attached hydrogen (secondary N) is 1. The van der Waals surface area contributed by atoms with Crippen LogP contribution in [0.25, 0.3) is 0 Å². The summed E-state index contributed by atoms with van der Waals surface area (Å²) in [6.07, 6.45) is 3.63. The first-order valence-corrected chi connectivity index (χ1v) is 6.22. The lowest BCUT2D eigenvalue weighted by atomic mass is 9.91. The van der Waals surface area contributed by atoms with Crippen LogP contribution in [0.1, 0.15) is 33.1 Å². The van der Waals surface area contributed by atoms with Crippen molar-refractivity contribution in [1.82, 2.24) is 10.2 Å². The lowest BCUT2D eigenvalue weighted by Crippen LogP contribution is -2.47. The quantitative estimate of drug-likeness (QED) is 0.719. The predicted molar refractivity (Wildman–Crippen MR) is 64.0 cm³/mol. The lowest BCUT2D eigenvalue weighted by molar-refractivity contribution is 0.157. The Morgan fingerprint density at radius 1 is 1.53 bits per heavy atom. The van der Waals surface area contributed by atoms with E-state index < -0.39 is 0 Å². The Hall–Kier alpha value is -0.120. The van der Waals surface area contributed by atoms with Crippen molar-refractivity contribution in [3.8, 4) is 0 Å². The molecule has 0 amide bonds. The van der Waals surface area contributed by atoms with Crippen LogP contribution in [0.2, 0.25) is 0 Å². The number of hydrogen-bond acceptors (Lipinski definition) is 3. The summed E-state index contributed by atoms with van der Waals surface area (Å²) in [4.78, 5) is 2.41. The smallest absolute Gasteiger partial charge is 0.0584 e. The third-order valence-electron chi connectivity index (χ3n) is 3.58. The minimum atomic E-state index is 0.253. The maximum atomic E-state index is 9.15. The fourth-order valence-corrected chi connectivity index (χ4v) is 2.42. The molecule has 0 aromatic rings. The van der Waals surface area contributed by atoms with Gasteiger partial charge in [0.05, 0.1) is 6.61 Å². The fourth-order valence-electron chi connectivity index (χ4n) is 2.42. The van der Waals surface area contributed by atoms with Gasteiger partial charge in [-0.3, -0.25) is 0 Å². The van der Waals surface area contributed by atoms with Gasteiger partial charge < -0.3 is 15.3 Å². The molecule has 2 unspecified atom stereocenters. The highest BCUT2D eigenvalue weighted by Crippen LogP contribution is 2.18. The van der Waals surface area contributed by atoms with Gasteiger partial charge in [0.2, 0.25) is 0 Å². The van der Waals surface area contributed by atoms with Crippen LogP contribution in [0.4, 0.5) is 0 Å². The van der Waals surface area contributed by atoms with Crippen molar-refractivity contribution in [2.45, 2.75) is 45.2 Å². The number of aliphatic hydroxyl groups excluding tert-OH is 1. The Balaban J connectivity index is 2.34. The zero-order valence-corrected chi connectivity index (χ0v) is 10.4. The summed E-state index contributed by atoms with van der Waals surface area (Å²) in [6, 6.07) is 0.789. The standard InChI is InChI=1S/C12H26N2O/c1-4-12(9-15)13-10(2)11-6-5-7-14(3)8-11/h10-13,15H,4-9H2,1-3H3/t10?,11?,12-/m0/s1. The van der Waals surface area contributed by atoms with E-state index in [-0.39, 0.29) is 12.6 Å². The topological polar surface area (TPSA) is 35.5 Å². The third-order valence-corrected chi connectivity index (χ3v) is 3.58. The molecule has 1 saturated heterocycles. The molecule has 1 fully saturated rings. The zero-order chi connectivity index (χ0) is 11.3. The second kappa shape index (κ2) is 6.46. The van der Waals surface area contributed by atoms with E-state index in [0.29, 0.717) is 6.04 Å². The molecule has 0 spiro atoms. The average molecular weight is 214 g/mol. The molecule has 1 aliphatic heterocycles. The van der Waals surface area contributed by atoms with Crippen molar-refractivity contribution in [2.24, 2.45) is 5.92 Å². The van der Waals surface area contributed by atoms with Gasteiger partial charge in [0, 0.05) is 18.6 Å². The summed E-state index contributed by atoms with van der Waals surface area (Å²) >= 11 is 0. The molecule has 0 aliphatic carbocycles. The van der Waals surface area contributed by atoms with Gasteiger partial charge >= 0.3 is 0 Å². The molecule has 2 N–H and O–H groups in total. The molecule has 0 saturated carbocycles. The molecular weight excluding hydrogens is 188 g/mol. The van der Waals surface area contributed by atoms with E-state index in [1.807, 2.05) is 0 Å². The Kier molecular flexibility index (Phi) is 5.58. The number of rotatable bonds is 5. The van der Waals surface area contributed by atoms with Gasteiger partial charge in [0.15, 0.2) is 0 Å². The van der Waals surface area contributed by atoms with Crippen molar-refractivity contribution in [3.63, 3.8) is 0 Å². The number of piperidine rings is 1. The van der Waals surface area contributed by atoms with Crippen LogP contribution in [0, 0.1) is 5.92 Å². The molecule has 90 valence electrons. The van der Waals surface area contributed by atoms with Crippen LogP contribution >= 0.6 is 0 Å². The maximum absolute atomic E-state index is 9.15. The molecule has 0 radical (unpaired) electrons. The minimum Gasteiger partial charge on any atom is -0.395 e. The average Bonchev–Trinajstić information content (AvgIpc) is 2.25. The van der Waals surface area contributed by atoms with Gasteiger partial charge in [-0.05, 0) is 45.7 Å². The van der Waals surface area contributed by atoms with Crippen molar-refractivity contribution < 1.29 is 5.11 Å². The summed E-state index contributed by atoms with van der Waals surface area (Å²) in [5, 5.41) is 12.7. The molecule has 15 heavy (non-hydrogen) atoms. The third kappa shape index (κ3) is 4.09. The van der Waals surface area contributed by atoms with Crippen LogP contribution in [-0.2, 0) is 0 Å². The zero-order valence-electron chi connectivity index (χ0n) is 10.4. The van der Waals surface area contributed by atoms with Crippen molar-refractivity contribution in [2.75, 3.05) is 26.7 Å². The van der Waals surface area contributed by atoms with Gasteiger partial charge in [0.1, 0.15) is 0 Å². The second-order valence-corrected chi connectivity index (χ2v) is 4.91. The van der Waals surface area contributed by atoms with Crippen molar-refractivity contribution in [1.29, 1.82) is 0 Å². The largest absolute Gasteiger partial charge is 0.395 e. The highest BCUT2D eigenvalue weighted by Gasteiger charge is 2.23. The second-order valence-electron chi connectivity index (χ2n) is 4.91. The van der Waals surface area contributed by atoms with E-state index in [1.165, 1.54) is 25.9 Å². The molecule has 1 heterocycles. The molecule has 3 heteroatoms. The first kappa shape index (κ1) is 12.9. The van der Waals surface area contributed by atoms with Crippen LogP contribution in [0.3, 0.4) is 0 Å². The predicted octanol–water partition coefficient (Wildman–Crippen LogP) is 1.08. The van der Waals surface area contributed by atoms with Gasteiger partial charge in [-0.2, -0.15) is 0 Å². The van der Waals surface area contributed by atoms with Crippen molar-refractivity contribution >= 4 is 0 Å². The molecular formula is C12H26N2O. The molecule has 3 atom stereocenters.